The fourth-order valence-corrected chi connectivity index (χ4v) is 4.65. The molecule has 0 amide bonds. The number of hydrogen-bond donors (Lipinski definition) is 1. The van der Waals surface area contributed by atoms with Crippen LogP contribution in [0.15, 0.2) is 118 Å². The number of hydrazone groups is 1. The van der Waals surface area contributed by atoms with E-state index in [0.29, 0.717) is 23.1 Å². The number of anilines is 1. The van der Waals surface area contributed by atoms with Crippen molar-refractivity contribution in [3.05, 3.63) is 125 Å². The van der Waals surface area contributed by atoms with Crippen LogP contribution in [-0.2, 0) is 0 Å². The van der Waals surface area contributed by atoms with Crippen LogP contribution in [0.25, 0.3) is 22.2 Å². The Balaban J connectivity index is 1.52. The van der Waals surface area contributed by atoms with E-state index in [1.165, 1.54) is 0 Å². The van der Waals surface area contributed by atoms with E-state index in [2.05, 4.69) is 11.1 Å². The molecule has 6 heteroatoms. The SMILES string of the molecule is O=c1oc2ccccc2c(O)c1C1=NN(c2ccccc2)C(c2ccccc2-c2ccccn2)C1. The van der Waals surface area contributed by atoms with Gasteiger partial charge in [-0.1, -0.05) is 60.7 Å². The summed E-state index contributed by atoms with van der Waals surface area (Å²) >= 11 is 0. The summed E-state index contributed by atoms with van der Waals surface area (Å²) in [4.78, 5) is 17.5. The van der Waals surface area contributed by atoms with Gasteiger partial charge in [-0.05, 0) is 42.0 Å². The van der Waals surface area contributed by atoms with Gasteiger partial charge in [0.15, 0.2) is 0 Å². The van der Waals surface area contributed by atoms with Gasteiger partial charge in [-0.3, -0.25) is 9.99 Å². The Labute approximate surface area is 201 Å². The topological polar surface area (TPSA) is 78.9 Å². The second-order valence-electron chi connectivity index (χ2n) is 8.36. The lowest BCUT2D eigenvalue weighted by molar-refractivity contribution is 0.466. The van der Waals surface area contributed by atoms with E-state index < -0.39 is 5.63 Å². The number of pyridine rings is 1. The van der Waals surface area contributed by atoms with Crippen LogP contribution in [0.2, 0.25) is 0 Å². The molecule has 6 nitrogen and oxygen atoms in total. The molecule has 1 unspecified atom stereocenters. The largest absolute Gasteiger partial charge is 0.506 e. The lowest BCUT2D eigenvalue weighted by Crippen LogP contribution is -2.19. The van der Waals surface area contributed by atoms with Crippen molar-refractivity contribution in [2.75, 3.05) is 5.01 Å². The minimum Gasteiger partial charge on any atom is -0.506 e. The molecule has 5 aromatic rings. The Morgan fingerprint density at radius 3 is 2.43 bits per heavy atom. The van der Waals surface area contributed by atoms with Crippen LogP contribution in [-0.4, -0.2) is 15.8 Å². The Bertz CT molecular complexity index is 1610. The fourth-order valence-electron chi connectivity index (χ4n) is 4.65. The van der Waals surface area contributed by atoms with Crippen LogP contribution in [0.1, 0.15) is 23.6 Å². The number of rotatable bonds is 4. The van der Waals surface area contributed by atoms with Crippen LogP contribution >= 0.6 is 0 Å². The Kier molecular flexibility index (Phi) is 5.11. The quantitative estimate of drug-likeness (QED) is 0.338. The van der Waals surface area contributed by atoms with Crippen LogP contribution < -0.4 is 10.6 Å². The van der Waals surface area contributed by atoms with E-state index in [-0.39, 0.29) is 17.4 Å². The normalized spacial score (nSPS) is 15.4. The highest BCUT2D eigenvalue weighted by molar-refractivity contribution is 6.08. The molecule has 1 N–H and O–H groups in total. The van der Waals surface area contributed by atoms with Gasteiger partial charge >= 0.3 is 5.63 Å². The van der Waals surface area contributed by atoms with Gasteiger partial charge in [0, 0.05) is 18.2 Å². The van der Waals surface area contributed by atoms with Gasteiger partial charge in [0.05, 0.1) is 28.5 Å². The zero-order valence-electron chi connectivity index (χ0n) is 18.7. The molecule has 0 saturated heterocycles. The summed E-state index contributed by atoms with van der Waals surface area (Å²) < 4.78 is 5.54. The minimum absolute atomic E-state index is 0.0995. The predicted molar refractivity (Wildman–Crippen MR) is 137 cm³/mol. The highest BCUT2D eigenvalue weighted by atomic mass is 16.4. The first-order valence-corrected chi connectivity index (χ1v) is 11.4. The van der Waals surface area contributed by atoms with Crippen LogP contribution in [0.5, 0.6) is 5.75 Å². The molecule has 1 aliphatic heterocycles. The van der Waals surface area contributed by atoms with Crippen molar-refractivity contribution in [3.8, 4) is 17.0 Å². The van der Waals surface area contributed by atoms with Gasteiger partial charge < -0.3 is 9.52 Å². The molecule has 0 fully saturated rings. The molecule has 0 bridgehead atoms. The first-order valence-electron chi connectivity index (χ1n) is 11.4. The average Bonchev–Trinajstić information content (AvgIpc) is 3.34. The van der Waals surface area contributed by atoms with E-state index >= 15 is 0 Å². The molecule has 0 aliphatic carbocycles. The van der Waals surface area contributed by atoms with Gasteiger partial charge in [0.1, 0.15) is 16.9 Å². The summed E-state index contributed by atoms with van der Waals surface area (Å²) in [5, 5.41) is 18.3. The van der Waals surface area contributed by atoms with Crippen molar-refractivity contribution >= 4 is 22.4 Å². The molecule has 0 spiro atoms. The van der Waals surface area contributed by atoms with Crippen LogP contribution in [0, 0.1) is 0 Å². The Morgan fingerprint density at radius 1 is 0.857 bits per heavy atom. The number of nitrogens with zero attached hydrogens (tertiary/aromatic N) is 3. The van der Waals surface area contributed by atoms with Crippen LogP contribution in [0.4, 0.5) is 5.69 Å². The predicted octanol–water partition coefficient (Wildman–Crippen LogP) is 5.92. The third-order valence-electron chi connectivity index (χ3n) is 6.27. The van der Waals surface area contributed by atoms with E-state index in [1.807, 2.05) is 71.7 Å². The first kappa shape index (κ1) is 20.9. The molecule has 6 rings (SSSR count). The number of aromatic nitrogens is 1. The Morgan fingerprint density at radius 2 is 1.60 bits per heavy atom. The second-order valence-corrected chi connectivity index (χ2v) is 8.36. The van der Waals surface area contributed by atoms with Crippen molar-refractivity contribution in [1.29, 1.82) is 0 Å². The molecule has 0 saturated carbocycles. The highest BCUT2D eigenvalue weighted by Crippen LogP contribution is 2.41. The fraction of sp³-hybridized carbons (Fsp3) is 0.0690. The van der Waals surface area contributed by atoms with Crippen molar-refractivity contribution in [2.45, 2.75) is 12.5 Å². The zero-order valence-corrected chi connectivity index (χ0v) is 18.7. The van der Waals surface area contributed by atoms with Crippen LogP contribution in [0.3, 0.4) is 0 Å². The summed E-state index contributed by atoms with van der Waals surface area (Å²) in [6.07, 6.45) is 2.19. The molecular formula is C29H21N3O3. The smallest absolute Gasteiger partial charge is 0.349 e. The minimum atomic E-state index is -0.605. The van der Waals surface area contributed by atoms with Gasteiger partial charge in [0.2, 0.25) is 0 Å². The average molecular weight is 460 g/mol. The number of fused-ring (bicyclic) bond motifs is 1. The van der Waals surface area contributed by atoms with E-state index in [1.54, 1.807) is 30.5 Å². The first-order chi connectivity index (χ1) is 17.2. The molecule has 35 heavy (non-hydrogen) atoms. The number of aromatic hydroxyl groups is 1. The summed E-state index contributed by atoms with van der Waals surface area (Å²) in [5.74, 6) is -0.109. The summed E-state index contributed by atoms with van der Waals surface area (Å²) in [5.41, 5.74) is 4.07. The summed E-state index contributed by atoms with van der Waals surface area (Å²) in [7, 11) is 0. The number of hydrogen-bond acceptors (Lipinski definition) is 6. The van der Waals surface area contributed by atoms with Gasteiger partial charge in [-0.25, -0.2) is 4.79 Å². The third-order valence-corrected chi connectivity index (χ3v) is 6.27. The standard InChI is InChI=1S/C29H21N3O3/c33-28-22-14-6-7-16-26(22)35-29(34)27(28)24-18-25(32(31-24)19-10-2-1-3-11-19)21-13-5-4-12-20(21)23-15-8-9-17-30-23/h1-17,25,33H,18H2. The lowest BCUT2D eigenvalue weighted by Gasteiger charge is -2.25. The van der Waals surface area contributed by atoms with Gasteiger partial charge in [-0.15, -0.1) is 0 Å². The molecule has 3 heterocycles. The summed E-state index contributed by atoms with van der Waals surface area (Å²) in [6.45, 7) is 0. The maximum Gasteiger partial charge on any atom is 0.349 e. The second kappa shape index (κ2) is 8.57. The monoisotopic (exact) mass is 459 g/mol. The van der Waals surface area contributed by atoms with Crippen molar-refractivity contribution < 1.29 is 9.52 Å². The summed E-state index contributed by atoms with van der Waals surface area (Å²) in [6, 6.07) is 30.5. The van der Waals surface area contributed by atoms with E-state index in [4.69, 9.17) is 9.52 Å². The molecule has 170 valence electrons. The maximum absolute atomic E-state index is 13.0. The third kappa shape index (κ3) is 3.65. The van der Waals surface area contributed by atoms with Gasteiger partial charge in [-0.2, -0.15) is 5.10 Å². The molecule has 3 aromatic carbocycles. The van der Waals surface area contributed by atoms with Crippen molar-refractivity contribution in [2.24, 2.45) is 5.10 Å². The van der Waals surface area contributed by atoms with Gasteiger partial charge in [0.25, 0.3) is 0 Å². The molecular weight excluding hydrogens is 438 g/mol. The number of para-hydroxylation sites is 2. The maximum atomic E-state index is 13.0. The lowest BCUT2D eigenvalue weighted by atomic mass is 9.93. The van der Waals surface area contributed by atoms with E-state index in [9.17, 15) is 9.90 Å². The molecule has 2 aromatic heterocycles. The highest BCUT2D eigenvalue weighted by Gasteiger charge is 2.34. The van der Waals surface area contributed by atoms with E-state index in [0.717, 1.165) is 22.5 Å². The van der Waals surface area contributed by atoms with Crippen molar-refractivity contribution in [3.63, 3.8) is 0 Å². The molecule has 1 atom stereocenters. The number of benzene rings is 3. The van der Waals surface area contributed by atoms with Crippen molar-refractivity contribution in [1.82, 2.24) is 4.98 Å². The zero-order chi connectivity index (χ0) is 23.8. The Hall–Kier alpha value is -4.71. The molecule has 1 aliphatic rings. The molecule has 0 radical (unpaired) electrons.